The third-order valence-electron chi connectivity index (χ3n) is 3.49. The highest BCUT2D eigenvalue weighted by molar-refractivity contribution is 5.27. The van der Waals surface area contributed by atoms with Crippen LogP contribution in [0.2, 0.25) is 0 Å². The molecular formula is C17H29NO2. The molecule has 20 heavy (non-hydrogen) atoms. The molecule has 0 saturated carbocycles. The number of benzene rings is 1. The monoisotopic (exact) mass is 279 g/mol. The molecule has 1 atom stereocenters. The summed E-state index contributed by atoms with van der Waals surface area (Å²) in [6.07, 6.45) is 4.56. The molecule has 0 aliphatic carbocycles. The van der Waals surface area contributed by atoms with Crippen molar-refractivity contribution in [2.45, 2.75) is 32.6 Å². The van der Waals surface area contributed by atoms with Crippen LogP contribution < -0.4 is 10.1 Å². The average molecular weight is 279 g/mol. The number of hydrogen-bond donors (Lipinski definition) is 1. The zero-order valence-electron chi connectivity index (χ0n) is 13.2. The molecule has 0 amide bonds. The zero-order valence-corrected chi connectivity index (χ0v) is 13.2. The highest BCUT2D eigenvalue weighted by Gasteiger charge is 2.09. The van der Waals surface area contributed by atoms with Gasteiger partial charge >= 0.3 is 0 Å². The molecule has 1 aromatic rings. The van der Waals surface area contributed by atoms with Gasteiger partial charge in [-0.2, -0.15) is 0 Å². The molecule has 0 aromatic heterocycles. The Kier molecular flexibility index (Phi) is 9.09. The van der Waals surface area contributed by atoms with Gasteiger partial charge in [-0.3, -0.25) is 0 Å². The smallest absolute Gasteiger partial charge is 0.118 e. The fraction of sp³-hybridized carbons (Fsp3) is 0.647. The van der Waals surface area contributed by atoms with Crippen LogP contribution in [-0.2, 0) is 11.2 Å². The summed E-state index contributed by atoms with van der Waals surface area (Å²) < 4.78 is 10.9. The first-order valence-corrected chi connectivity index (χ1v) is 7.65. The van der Waals surface area contributed by atoms with Crippen molar-refractivity contribution in [1.29, 1.82) is 0 Å². The summed E-state index contributed by atoms with van der Waals surface area (Å²) in [5.74, 6) is 1.54. The van der Waals surface area contributed by atoms with Crippen molar-refractivity contribution in [2.75, 3.05) is 33.9 Å². The summed E-state index contributed by atoms with van der Waals surface area (Å²) in [6, 6.07) is 8.37. The van der Waals surface area contributed by atoms with E-state index in [9.17, 15) is 0 Å². The van der Waals surface area contributed by atoms with E-state index in [2.05, 4.69) is 24.4 Å². The van der Waals surface area contributed by atoms with Gasteiger partial charge < -0.3 is 14.8 Å². The normalized spacial score (nSPS) is 12.3. The second kappa shape index (κ2) is 10.7. The van der Waals surface area contributed by atoms with E-state index in [-0.39, 0.29) is 0 Å². The molecule has 1 unspecified atom stereocenters. The second-order valence-corrected chi connectivity index (χ2v) is 5.23. The van der Waals surface area contributed by atoms with Gasteiger partial charge in [0.1, 0.15) is 5.75 Å². The maximum atomic E-state index is 5.68. The SMILES string of the molecule is CCCCOCCC(CNC)Cc1ccc(OC)cc1. The van der Waals surface area contributed by atoms with Gasteiger partial charge in [0.05, 0.1) is 7.11 Å². The number of nitrogens with one attached hydrogen (secondary N) is 1. The lowest BCUT2D eigenvalue weighted by atomic mass is 9.96. The van der Waals surface area contributed by atoms with Gasteiger partial charge in [-0.1, -0.05) is 25.5 Å². The molecule has 0 radical (unpaired) electrons. The van der Waals surface area contributed by atoms with E-state index in [4.69, 9.17) is 9.47 Å². The summed E-state index contributed by atoms with van der Waals surface area (Å²) in [5, 5.41) is 3.28. The van der Waals surface area contributed by atoms with Crippen LogP contribution in [0, 0.1) is 5.92 Å². The third kappa shape index (κ3) is 6.92. The zero-order chi connectivity index (χ0) is 14.6. The van der Waals surface area contributed by atoms with E-state index >= 15 is 0 Å². The largest absolute Gasteiger partial charge is 0.497 e. The fourth-order valence-electron chi connectivity index (χ4n) is 2.26. The van der Waals surface area contributed by atoms with Gasteiger partial charge in [0.25, 0.3) is 0 Å². The van der Waals surface area contributed by atoms with Crippen molar-refractivity contribution in [2.24, 2.45) is 5.92 Å². The third-order valence-corrected chi connectivity index (χ3v) is 3.49. The molecule has 1 rings (SSSR count). The molecule has 0 fully saturated rings. The van der Waals surface area contributed by atoms with E-state index in [1.165, 1.54) is 12.0 Å². The number of rotatable bonds is 11. The lowest BCUT2D eigenvalue weighted by Crippen LogP contribution is -2.22. The van der Waals surface area contributed by atoms with Crippen LogP contribution in [0.25, 0.3) is 0 Å². The topological polar surface area (TPSA) is 30.5 Å². The van der Waals surface area contributed by atoms with E-state index in [1.54, 1.807) is 7.11 Å². The Morgan fingerprint density at radius 2 is 1.90 bits per heavy atom. The number of unbranched alkanes of at least 4 members (excludes halogenated alkanes) is 1. The van der Waals surface area contributed by atoms with Crippen LogP contribution in [0.15, 0.2) is 24.3 Å². The minimum absolute atomic E-state index is 0.620. The molecule has 0 aliphatic heterocycles. The molecule has 0 spiro atoms. The second-order valence-electron chi connectivity index (χ2n) is 5.23. The molecule has 0 heterocycles. The van der Waals surface area contributed by atoms with Crippen LogP contribution >= 0.6 is 0 Å². The Morgan fingerprint density at radius 1 is 1.15 bits per heavy atom. The maximum Gasteiger partial charge on any atom is 0.118 e. The first kappa shape index (κ1) is 17.0. The average Bonchev–Trinajstić information content (AvgIpc) is 2.48. The van der Waals surface area contributed by atoms with Crippen molar-refractivity contribution in [3.8, 4) is 5.75 Å². The molecule has 114 valence electrons. The summed E-state index contributed by atoms with van der Waals surface area (Å²) in [7, 11) is 3.71. The first-order chi connectivity index (χ1) is 9.80. The number of methoxy groups -OCH3 is 1. The molecule has 3 nitrogen and oxygen atoms in total. The Hall–Kier alpha value is -1.06. The predicted molar refractivity (Wildman–Crippen MR) is 84.5 cm³/mol. The van der Waals surface area contributed by atoms with Gasteiger partial charge in [-0.15, -0.1) is 0 Å². The quantitative estimate of drug-likeness (QED) is 0.631. The maximum absolute atomic E-state index is 5.68. The van der Waals surface area contributed by atoms with Gasteiger partial charge in [-0.05, 0) is 56.5 Å². The van der Waals surface area contributed by atoms with Crippen molar-refractivity contribution < 1.29 is 9.47 Å². The van der Waals surface area contributed by atoms with Crippen molar-refractivity contribution >= 4 is 0 Å². The summed E-state index contributed by atoms with van der Waals surface area (Å²) in [4.78, 5) is 0. The van der Waals surface area contributed by atoms with Crippen LogP contribution in [0.1, 0.15) is 31.7 Å². The first-order valence-electron chi connectivity index (χ1n) is 7.65. The molecule has 0 aliphatic rings. The molecule has 1 aromatic carbocycles. The summed E-state index contributed by atoms with van der Waals surface area (Å²) >= 11 is 0. The van der Waals surface area contributed by atoms with E-state index in [0.29, 0.717) is 5.92 Å². The van der Waals surface area contributed by atoms with Crippen molar-refractivity contribution in [3.05, 3.63) is 29.8 Å². The number of ether oxygens (including phenoxy) is 2. The Bertz CT molecular complexity index is 337. The summed E-state index contributed by atoms with van der Waals surface area (Å²) in [6.45, 7) is 4.98. The van der Waals surface area contributed by atoms with Gasteiger partial charge in [0.2, 0.25) is 0 Å². The lowest BCUT2D eigenvalue weighted by molar-refractivity contribution is 0.117. The van der Waals surface area contributed by atoms with Gasteiger partial charge in [0.15, 0.2) is 0 Å². The van der Waals surface area contributed by atoms with Crippen LogP contribution in [0.5, 0.6) is 5.75 Å². The van der Waals surface area contributed by atoms with Gasteiger partial charge in [-0.25, -0.2) is 0 Å². The van der Waals surface area contributed by atoms with Crippen LogP contribution in [0.3, 0.4) is 0 Å². The minimum Gasteiger partial charge on any atom is -0.497 e. The van der Waals surface area contributed by atoms with Crippen molar-refractivity contribution in [1.82, 2.24) is 5.32 Å². The van der Waals surface area contributed by atoms with Gasteiger partial charge in [0, 0.05) is 13.2 Å². The van der Waals surface area contributed by atoms with E-state index < -0.39 is 0 Å². The Labute approximate surface area is 123 Å². The molecular weight excluding hydrogens is 250 g/mol. The van der Waals surface area contributed by atoms with Crippen LogP contribution in [-0.4, -0.2) is 33.9 Å². The lowest BCUT2D eigenvalue weighted by Gasteiger charge is -2.17. The summed E-state index contributed by atoms with van der Waals surface area (Å²) in [5.41, 5.74) is 1.36. The Balaban J connectivity index is 2.36. The van der Waals surface area contributed by atoms with E-state index in [1.807, 2.05) is 19.2 Å². The Morgan fingerprint density at radius 3 is 2.50 bits per heavy atom. The number of hydrogen-bond acceptors (Lipinski definition) is 3. The molecule has 0 saturated heterocycles. The highest BCUT2D eigenvalue weighted by Crippen LogP contribution is 2.16. The fourth-order valence-corrected chi connectivity index (χ4v) is 2.26. The van der Waals surface area contributed by atoms with Crippen molar-refractivity contribution in [3.63, 3.8) is 0 Å². The predicted octanol–water partition coefficient (Wildman–Crippen LogP) is 3.28. The standard InChI is InChI=1S/C17H29NO2/c1-4-5-11-20-12-10-16(14-18-2)13-15-6-8-17(19-3)9-7-15/h6-9,16,18H,4-5,10-14H2,1-3H3. The molecule has 1 N–H and O–H groups in total. The highest BCUT2D eigenvalue weighted by atomic mass is 16.5. The molecule has 3 heteroatoms. The molecule has 0 bridgehead atoms. The minimum atomic E-state index is 0.620. The van der Waals surface area contributed by atoms with E-state index in [0.717, 1.165) is 44.8 Å². The van der Waals surface area contributed by atoms with Crippen LogP contribution in [0.4, 0.5) is 0 Å².